The fourth-order valence-electron chi connectivity index (χ4n) is 2.74. The summed E-state index contributed by atoms with van der Waals surface area (Å²) in [4.78, 5) is 14.4. The molecule has 1 amide bonds. The first-order valence-corrected chi connectivity index (χ1v) is 7.32. The van der Waals surface area contributed by atoms with E-state index >= 15 is 0 Å². The fourth-order valence-corrected chi connectivity index (χ4v) is 2.74. The number of amides is 1. The van der Waals surface area contributed by atoms with Crippen LogP contribution in [0.2, 0.25) is 0 Å². The van der Waals surface area contributed by atoms with Crippen LogP contribution in [0.4, 0.5) is 0 Å². The highest BCUT2D eigenvalue weighted by molar-refractivity contribution is 5.81. The first kappa shape index (κ1) is 16.4. The summed E-state index contributed by atoms with van der Waals surface area (Å²) in [5.74, 6) is 0.811. The topological polar surface area (TPSA) is 67.6 Å². The Balaban J connectivity index is 2.41. The number of likely N-dealkylation sites (tertiary alicyclic amines) is 1. The van der Waals surface area contributed by atoms with E-state index in [1.54, 1.807) is 7.11 Å². The van der Waals surface area contributed by atoms with Crippen LogP contribution in [-0.4, -0.2) is 56.2 Å². The molecule has 0 saturated carbocycles. The highest BCUT2D eigenvalue weighted by Crippen LogP contribution is 2.23. The first-order chi connectivity index (χ1) is 9.10. The van der Waals surface area contributed by atoms with Gasteiger partial charge in [0, 0.05) is 32.8 Å². The number of carbonyl (C=O) groups excluding carboxylic acids is 1. The lowest BCUT2D eigenvalue weighted by atomic mass is 9.91. The van der Waals surface area contributed by atoms with Gasteiger partial charge in [0.05, 0.1) is 6.04 Å². The van der Waals surface area contributed by atoms with Gasteiger partial charge in [-0.1, -0.05) is 6.92 Å². The van der Waals surface area contributed by atoms with E-state index in [1.807, 2.05) is 6.92 Å². The molecule has 5 heteroatoms. The molecule has 1 fully saturated rings. The predicted molar refractivity (Wildman–Crippen MR) is 76.9 cm³/mol. The van der Waals surface area contributed by atoms with Crippen molar-refractivity contribution in [3.05, 3.63) is 0 Å². The monoisotopic (exact) mass is 271 g/mol. The number of nitrogens with one attached hydrogen (secondary N) is 1. The molecule has 0 radical (unpaired) electrons. The molecule has 19 heavy (non-hydrogen) atoms. The van der Waals surface area contributed by atoms with Crippen LogP contribution in [0.3, 0.4) is 0 Å². The van der Waals surface area contributed by atoms with E-state index in [2.05, 4.69) is 17.1 Å². The Labute approximate surface area is 116 Å². The van der Waals surface area contributed by atoms with Crippen molar-refractivity contribution in [2.24, 2.45) is 11.7 Å². The van der Waals surface area contributed by atoms with Crippen LogP contribution < -0.4 is 11.1 Å². The van der Waals surface area contributed by atoms with Gasteiger partial charge >= 0.3 is 0 Å². The Morgan fingerprint density at radius 1 is 1.58 bits per heavy atom. The van der Waals surface area contributed by atoms with E-state index in [9.17, 15) is 4.79 Å². The van der Waals surface area contributed by atoms with Gasteiger partial charge in [0.15, 0.2) is 0 Å². The molecule has 1 saturated heterocycles. The number of nitrogens with two attached hydrogens (primary N) is 1. The minimum atomic E-state index is -0.0939. The minimum absolute atomic E-state index is 0.0939. The number of rotatable bonds is 7. The van der Waals surface area contributed by atoms with E-state index in [0.717, 1.165) is 25.8 Å². The van der Waals surface area contributed by atoms with Crippen LogP contribution in [0, 0.1) is 5.92 Å². The quantitative estimate of drug-likeness (QED) is 0.665. The Hall–Kier alpha value is -0.650. The highest BCUT2D eigenvalue weighted by atomic mass is 16.5. The van der Waals surface area contributed by atoms with Crippen molar-refractivity contribution in [2.45, 2.75) is 45.2 Å². The molecule has 3 atom stereocenters. The molecule has 1 rings (SSSR count). The number of ether oxygens (including phenoxy) is 1. The summed E-state index contributed by atoms with van der Waals surface area (Å²) in [5.41, 5.74) is 5.84. The van der Waals surface area contributed by atoms with E-state index in [1.165, 1.54) is 0 Å². The van der Waals surface area contributed by atoms with Crippen LogP contribution in [0.15, 0.2) is 0 Å². The second-order valence-electron chi connectivity index (χ2n) is 5.57. The van der Waals surface area contributed by atoms with E-state index in [4.69, 9.17) is 10.5 Å². The van der Waals surface area contributed by atoms with E-state index in [0.29, 0.717) is 31.7 Å². The van der Waals surface area contributed by atoms with Crippen molar-refractivity contribution in [3.63, 3.8) is 0 Å². The summed E-state index contributed by atoms with van der Waals surface area (Å²) in [6, 6.07) is 0.243. The largest absolute Gasteiger partial charge is 0.385 e. The SMILES string of the molecule is COCCCNC(=O)C(C)N1CCC(C)CC1CN. The summed E-state index contributed by atoms with van der Waals surface area (Å²) >= 11 is 0. The predicted octanol–water partition coefficient (Wildman–Crippen LogP) is 0.587. The maximum atomic E-state index is 12.1. The molecule has 0 aliphatic carbocycles. The average Bonchev–Trinajstić information content (AvgIpc) is 2.42. The maximum Gasteiger partial charge on any atom is 0.237 e. The molecule has 0 aromatic heterocycles. The summed E-state index contributed by atoms with van der Waals surface area (Å²) < 4.78 is 4.97. The van der Waals surface area contributed by atoms with Crippen molar-refractivity contribution in [2.75, 3.05) is 33.4 Å². The van der Waals surface area contributed by atoms with Gasteiger partial charge in [-0.05, 0) is 38.6 Å². The van der Waals surface area contributed by atoms with Crippen LogP contribution in [0.5, 0.6) is 0 Å². The van der Waals surface area contributed by atoms with Gasteiger partial charge < -0.3 is 15.8 Å². The lowest BCUT2D eigenvalue weighted by Gasteiger charge is -2.41. The highest BCUT2D eigenvalue weighted by Gasteiger charge is 2.31. The molecule has 1 aliphatic heterocycles. The Morgan fingerprint density at radius 3 is 2.95 bits per heavy atom. The number of hydrogen-bond acceptors (Lipinski definition) is 4. The van der Waals surface area contributed by atoms with Crippen molar-refractivity contribution in [3.8, 4) is 0 Å². The Morgan fingerprint density at radius 2 is 2.32 bits per heavy atom. The number of nitrogens with zero attached hydrogens (tertiary/aromatic N) is 1. The van der Waals surface area contributed by atoms with Gasteiger partial charge in [-0.2, -0.15) is 0 Å². The number of methoxy groups -OCH3 is 1. The second-order valence-corrected chi connectivity index (χ2v) is 5.57. The standard InChI is InChI=1S/C14H29N3O2/c1-11-5-7-17(13(9-11)10-15)12(2)14(18)16-6-4-8-19-3/h11-13H,4-10,15H2,1-3H3,(H,16,18). The average molecular weight is 271 g/mol. The van der Waals surface area contributed by atoms with E-state index < -0.39 is 0 Å². The molecular formula is C14H29N3O2. The molecule has 0 spiro atoms. The van der Waals surface area contributed by atoms with Crippen LogP contribution >= 0.6 is 0 Å². The normalized spacial score (nSPS) is 26.1. The Kier molecular flexibility index (Phi) is 7.34. The summed E-state index contributed by atoms with van der Waals surface area (Å²) in [7, 11) is 1.67. The molecule has 3 N–H and O–H groups in total. The number of piperidine rings is 1. The van der Waals surface area contributed by atoms with Crippen LogP contribution in [0.1, 0.15) is 33.1 Å². The van der Waals surface area contributed by atoms with Gasteiger partial charge in [0.2, 0.25) is 5.91 Å². The number of carbonyl (C=O) groups is 1. The van der Waals surface area contributed by atoms with Gasteiger partial charge in [-0.25, -0.2) is 0 Å². The molecule has 1 heterocycles. The Bertz CT molecular complexity index is 273. The third-order valence-electron chi connectivity index (χ3n) is 4.00. The zero-order valence-electron chi connectivity index (χ0n) is 12.5. The summed E-state index contributed by atoms with van der Waals surface area (Å²) in [6.07, 6.45) is 3.10. The molecule has 3 unspecified atom stereocenters. The zero-order valence-corrected chi connectivity index (χ0v) is 12.5. The zero-order chi connectivity index (χ0) is 14.3. The van der Waals surface area contributed by atoms with Crippen molar-refractivity contribution in [1.29, 1.82) is 0 Å². The van der Waals surface area contributed by atoms with Crippen LogP contribution in [-0.2, 0) is 9.53 Å². The number of hydrogen-bond donors (Lipinski definition) is 2. The molecule has 0 aromatic carbocycles. The lowest BCUT2D eigenvalue weighted by Crippen LogP contribution is -2.55. The lowest BCUT2D eigenvalue weighted by molar-refractivity contribution is -0.127. The van der Waals surface area contributed by atoms with Gasteiger partial charge in [0.25, 0.3) is 0 Å². The molecule has 0 aromatic rings. The van der Waals surface area contributed by atoms with E-state index in [-0.39, 0.29) is 11.9 Å². The smallest absolute Gasteiger partial charge is 0.237 e. The van der Waals surface area contributed by atoms with Gasteiger partial charge in [-0.3, -0.25) is 9.69 Å². The fraction of sp³-hybridized carbons (Fsp3) is 0.929. The molecule has 0 bridgehead atoms. The second kappa shape index (κ2) is 8.51. The molecule has 5 nitrogen and oxygen atoms in total. The third kappa shape index (κ3) is 5.09. The van der Waals surface area contributed by atoms with Crippen molar-refractivity contribution >= 4 is 5.91 Å². The summed E-state index contributed by atoms with van der Waals surface area (Å²) in [6.45, 7) is 7.19. The molecule has 1 aliphatic rings. The molecular weight excluding hydrogens is 242 g/mol. The van der Waals surface area contributed by atoms with Crippen molar-refractivity contribution in [1.82, 2.24) is 10.2 Å². The summed E-state index contributed by atoms with van der Waals surface area (Å²) in [5, 5.41) is 2.97. The minimum Gasteiger partial charge on any atom is -0.385 e. The van der Waals surface area contributed by atoms with Gasteiger partial charge in [0.1, 0.15) is 0 Å². The van der Waals surface area contributed by atoms with Gasteiger partial charge in [-0.15, -0.1) is 0 Å². The van der Waals surface area contributed by atoms with Crippen molar-refractivity contribution < 1.29 is 9.53 Å². The van der Waals surface area contributed by atoms with Crippen LogP contribution in [0.25, 0.3) is 0 Å². The third-order valence-corrected chi connectivity index (χ3v) is 4.00. The molecule has 112 valence electrons. The maximum absolute atomic E-state index is 12.1. The first-order valence-electron chi connectivity index (χ1n) is 7.32.